The lowest BCUT2D eigenvalue weighted by molar-refractivity contribution is 0.454. The quantitative estimate of drug-likeness (QED) is 0.527. The van der Waals surface area contributed by atoms with Crippen LogP contribution in [-0.2, 0) is 0 Å². The van der Waals surface area contributed by atoms with Gasteiger partial charge in [-0.2, -0.15) is 5.10 Å². The molecule has 0 radical (unpaired) electrons. The maximum Gasteiger partial charge on any atom is 0.161 e. The minimum absolute atomic E-state index is 0.512. The van der Waals surface area contributed by atoms with Crippen LogP contribution in [0.15, 0.2) is 30.6 Å². The number of hydrogen-bond donors (Lipinski definition) is 3. The first-order chi connectivity index (χ1) is 11.9. The average molecular weight is 319 g/mol. The normalized spacial score (nSPS) is 16.2. The summed E-state index contributed by atoms with van der Waals surface area (Å²) in [6, 6.07) is 6.10. The molecule has 0 unspecified atom stereocenters. The predicted molar refractivity (Wildman–Crippen MR) is 91.6 cm³/mol. The van der Waals surface area contributed by atoms with Gasteiger partial charge in [-0.15, -0.1) is 0 Å². The molecule has 5 rings (SSSR count). The molecule has 4 aromatic heterocycles. The average Bonchev–Trinajstić information content (AvgIpc) is 3.25. The molecule has 7 nitrogen and oxygen atoms in total. The van der Waals surface area contributed by atoms with Crippen LogP contribution in [0.4, 0.5) is 0 Å². The summed E-state index contributed by atoms with van der Waals surface area (Å²) in [6.45, 7) is 2.11. The first kappa shape index (κ1) is 13.6. The van der Waals surface area contributed by atoms with Crippen LogP contribution < -0.4 is 5.32 Å². The number of aromatic amines is 2. The van der Waals surface area contributed by atoms with E-state index in [2.05, 4.69) is 42.6 Å². The molecule has 4 aromatic rings. The second-order valence-electron chi connectivity index (χ2n) is 6.21. The van der Waals surface area contributed by atoms with Crippen molar-refractivity contribution >= 4 is 22.1 Å². The number of imidazole rings is 1. The molecule has 1 saturated heterocycles. The van der Waals surface area contributed by atoms with E-state index >= 15 is 0 Å². The summed E-state index contributed by atoms with van der Waals surface area (Å²) < 4.78 is 0. The predicted octanol–water partition coefficient (Wildman–Crippen LogP) is 2.36. The summed E-state index contributed by atoms with van der Waals surface area (Å²) >= 11 is 0. The fourth-order valence-electron chi connectivity index (χ4n) is 3.39. The molecule has 1 fully saturated rings. The molecule has 7 heteroatoms. The first-order valence-electron chi connectivity index (χ1n) is 8.24. The summed E-state index contributed by atoms with van der Waals surface area (Å²) in [5.74, 6) is 1.23. The van der Waals surface area contributed by atoms with E-state index in [1.165, 1.54) is 0 Å². The zero-order valence-electron chi connectivity index (χ0n) is 13.1. The van der Waals surface area contributed by atoms with Crippen molar-refractivity contribution in [3.8, 4) is 11.5 Å². The number of nitrogens with one attached hydrogen (secondary N) is 3. The van der Waals surface area contributed by atoms with E-state index in [0.29, 0.717) is 5.92 Å². The van der Waals surface area contributed by atoms with Gasteiger partial charge in [0.1, 0.15) is 11.0 Å². The Hall–Kier alpha value is -2.80. The monoisotopic (exact) mass is 319 g/mol. The molecule has 0 bridgehead atoms. The largest absolute Gasteiger partial charge is 0.336 e. The van der Waals surface area contributed by atoms with Crippen LogP contribution >= 0.6 is 0 Å². The third kappa shape index (κ3) is 2.16. The van der Waals surface area contributed by atoms with Crippen LogP contribution in [-0.4, -0.2) is 43.2 Å². The Labute approximate surface area is 137 Å². The Morgan fingerprint density at radius 3 is 2.79 bits per heavy atom. The van der Waals surface area contributed by atoms with Gasteiger partial charge in [-0.3, -0.25) is 10.1 Å². The maximum absolute atomic E-state index is 4.91. The third-order valence-corrected chi connectivity index (χ3v) is 4.70. The highest BCUT2D eigenvalue weighted by atomic mass is 15.1. The molecule has 0 amide bonds. The van der Waals surface area contributed by atoms with Gasteiger partial charge in [0, 0.05) is 17.8 Å². The molecule has 0 aromatic carbocycles. The second-order valence-corrected chi connectivity index (χ2v) is 6.21. The topological polar surface area (TPSA) is 95.2 Å². The lowest BCUT2D eigenvalue weighted by atomic mass is 9.94. The lowest BCUT2D eigenvalue weighted by Crippen LogP contribution is -2.27. The van der Waals surface area contributed by atoms with Crippen LogP contribution in [0.1, 0.15) is 24.5 Å². The Kier molecular flexibility index (Phi) is 3.05. The van der Waals surface area contributed by atoms with Crippen molar-refractivity contribution in [1.29, 1.82) is 0 Å². The number of hydrogen-bond acceptors (Lipinski definition) is 5. The summed E-state index contributed by atoms with van der Waals surface area (Å²) in [6.07, 6.45) is 5.75. The Morgan fingerprint density at radius 1 is 1.00 bits per heavy atom. The molecule has 0 saturated carbocycles. The molecule has 0 aliphatic carbocycles. The highest BCUT2D eigenvalue weighted by Crippen LogP contribution is 2.29. The molecular formula is C17H17N7. The van der Waals surface area contributed by atoms with Gasteiger partial charge < -0.3 is 10.3 Å². The fourth-order valence-corrected chi connectivity index (χ4v) is 3.39. The van der Waals surface area contributed by atoms with Crippen molar-refractivity contribution in [2.45, 2.75) is 18.8 Å². The van der Waals surface area contributed by atoms with Gasteiger partial charge >= 0.3 is 0 Å². The van der Waals surface area contributed by atoms with Crippen molar-refractivity contribution < 1.29 is 0 Å². The highest BCUT2D eigenvalue weighted by molar-refractivity contribution is 5.90. The number of nitrogens with zero attached hydrogens (tertiary/aromatic N) is 4. The highest BCUT2D eigenvalue weighted by Gasteiger charge is 2.19. The van der Waals surface area contributed by atoms with Crippen molar-refractivity contribution in [2.75, 3.05) is 13.1 Å². The van der Waals surface area contributed by atoms with Crippen molar-refractivity contribution in [1.82, 2.24) is 35.5 Å². The maximum atomic E-state index is 4.91. The molecule has 1 aliphatic heterocycles. The van der Waals surface area contributed by atoms with E-state index in [1.54, 1.807) is 12.4 Å². The van der Waals surface area contributed by atoms with E-state index in [4.69, 9.17) is 4.98 Å². The van der Waals surface area contributed by atoms with E-state index in [1.807, 2.05) is 6.07 Å². The Bertz CT molecular complexity index is 977. The van der Waals surface area contributed by atoms with Gasteiger partial charge in [-0.05, 0) is 44.1 Å². The molecule has 120 valence electrons. The first-order valence-corrected chi connectivity index (χ1v) is 8.24. The minimum atomic E-state index is 0.512. The number of piperidine rings is 1. The lowest BCUT2D eigenvalue weighted by Gasteiger charge is -2.22. The van der Waals surface area contributed by atoms with Crippen LogP contribution in [0.25, 0.3) is 33.6 Å². The number of aromatic nitrogens is 6. The van der Waals surface area contributed by atoms with Crippen molar-refractivity contribution in [3.63, 3.8) is 0 Å². The van der Waals surface area contributed by atoms with Crippen LogP contribution in [0.2, 0.25) is 0 Å². The van der Waals surface area contributed by atoms with Gasteiger partial charge in [0.15, 0.2) is 11.5 Å². The summed E-state index contributed by atoms with van der Waals surface area (Å²) in [5, 5.41) is 10.9. The van der Waals surface area contributed by atoms with Crippen LogP contribution in [0.5, 0.6) is 0 Å². The molecular weight excluding hydrogens is 302 g/mol. The standard InChI is InChI=1S/C17H17N7/c1-2-13-15(20-11(1)10-3-6-18-7-4-10)16(24-23-13)17-21-12-5-8-19-9-14(12)22-17/h1-2,5,8-10,18H,3-4,6-7H2,(H,21,22)(H,23,24). The smallest absolute Gasteiger partial charge is 0.161 e. The molecule has 24 heavy (non-hydrogen) atoms. The minimum Gasteiger partial charge on any atom is -0.336 e. The van der Waals surface area contributed by atoms with Gasteiger partial charge in [0.25, 0.3) is 0 Å². The Balaban J connectivity index is 1.62. The number of pyridine rings is 2. The second kappa shape index (κ2) is 5.38. The van der Waals surface area contributed by atoms with Crippen LogP contribution in [0, 0.1) is 0 Å². The van der Waals surface area contributed by atoms with E-state index in [9.17, 15) is 0 Å². The molecule has 3 N–H and O–H groups in total. The zero-order chi connectivity index (χ0) is 15.9. The van der Waals surface area contributed by atoms with Gasteiger partial charge in [-0.1, -0.05) is 0 Å². The number of H-pyrrole nitrogens is 2. The molecule has 0 atom stereocenters. The van der Waals surface area contributed by atoms with Gasteiger partial charge in [-0.25, -0.2) is 9.97 Å². The molecule has 5 heterocycles. The van der Waals surface area contributed by atoms with Gasteiger partial charge in [0.2, 0.25) is 0 Å². The Morgan fingerprint density at radius 2 is 1.92 bits per heavy atom. The van der Waals surface area contributed by atoms with Crippen LogP contribution in [0.3, 0.4) is 0 Å². The summed E-state index contributed by atoms with van der Waals surface area (Å²) in [5.41, 5.74) is 5.49. The van der Waals surface area contributed by atoms with Gasteiger partial charge in [0.05, 0.1) is 17.2 Å². The summed E-state index contributed by atoms with van der Waals surface area (Å²) in [4.78, 5) is 16.9. The zero-order valence-corrected chi connectivity index (χ0v) is 13.1. The van der Waals surface area contributed by atoms with E-state index in [-0.39, 0.29) is 0 Å². The van der Waals surface area contributed by atoms with E-state index in [0.717, 1.165) is 65.2 Å². The third-order valence-electron chi connectivity index (χ3n) is 4.70. The van der Waals surface area contributed by atoms with E-state index < -0.39 is 0 Å². The molecule has 1 aliphatic rings. The summed E-state index contributed by atoms with van der Waals surface area (Å²) in [7, 11) is 0. The SMILES string of the molecule is c1cc2[nH]c(-c3n[nH]c4ccc(C5CCNCC5)nc34)nc2cn1. The fraction of sp³-hybridized carbons (Fsp3) is 0.294. The number of rotatable bonds is 2. The number of fused-ring (bicyclic) bond motifs is 2. The van der Waals surface area contributed by atoms with Crippen molar-refractivity contribution in [3.05, 3.63) is 36.3 Å². The van der Waals surface area contributed by atoms with Crippen molar-refractivity contribution in [2.24, 2.45) is 0 Å². The molecule has 0 spiro atoms.